The Kier molecular flexibility index (Phi) is 5.23. The molecule has 6 heteroatoms. The standard InChI is InChI=1S/C23H31NO5/c1-13(2)24-22(25)27-11-23-10-26-21(20(16(23)5)14(3)8-15(23)4)17-6-7-18-19(9-17)29-12-28-18/h6-9,13,15-16,20-21H,10-12H2,1-5H3,(H,24,25)/t15-,16-,20+,21-,23-/m1/s1. The lowest BCUT2D eigenvalue weighted by atomic mass is 9.56. The largest absolute Gasteiger partial charge is 0.454 e. The fraction of sp³-hybridized carbons (Fsp3) is 0.609. The molecular formula is C23H31NO5. The summed E-state index contributed by atoms with van der Waals surface area (Å²) in [6, 6.07) is 6.10. The maximum absolute atomic E-state index is 12.1. The van der Waals surface area contributed by atoms with Crippen LogP contribution in [0.25, 0.3) is 0 Å². The Morgan fingerprint density at radius 1 is 1.28 bits per heavy atom. The van der Waals surface area contributed by atoms with Crippen LogP contribution >= 0.6 is 0 Å². The third-order valence-corrected chi connectivity index (χ3v) is 6.85. The van der Waals surface area contributed by atoms with E-state index in [9.17, 15) is 4.79 Å². The Balaban J connectivity index is 1.58. The summed E-state index contributed by atoms with van der Waals surface area (Å²) in [5, 5.41) is 2.81. The zero-order valence-corrected chi connectivity index (χ0v) is 17.9. The monoisotopic (exact) mass is 401 g/mol. The van der Waals surface area contributed by atoms with Gasteiger partial charge in [-0.05, 0) is 50.3 Å². The van der Waals surface area contributed by atoms with Gasteiger partial charge in [-0.3, -0.25) is 0 Å². The van der Waals surface area contributed by atoms with E-state index in [1.807, 2.05) is 26.0 Å². The normalized spacial score (nSPS) is 32.7. The molecule has 1 fully saturated rings. The average Bonchev–Trinajstić information content (AvgIpc) is 3.12. The number of carbonyl (C=O) groups is 1. The smallest absolute Gasteiger partial charge is 0.407 e. The quantitative estimate of drug-likeness (QED) is 0.755. The Morgan fingerprint density at radius 2 is 2.03 bits per heavy atom. The molecule has 0 unspecified atom stereocenters. The van der Waals surface area contributed by atoms with Gasteiger partial charge in [-0.1, -0.05) is 31.6 Å². The molecule has 3 aliphatic rings. The summed E-state index contributed by atoms with van der Waals surface area (Å²) in [5.74, 6) is 2.34. The molecule has 0 radical (unpaired) electrons. The molecule has 29 heavy (non-hydrogen) atoms. The van der Waals surface area contributed by atoms with Gasteiger partial charge in [-0.15, -0.1) is 0 Å². The molecule has 158 valence electrons. The molecule has 0 aromatic heterocycles. The van der Waals surface area contributed by atoms with Gasteiger partial charge >= 0.3 is 6.09 Å². The maximum Gasteiger partial charge on any atom is 0.407 e. The van der Waals surface area contributed by atoms with Gasteiger partial charge in [-0.2, -0.15) is 0 Å². The van der Waals surface area contributed by atoms with Crippen molar-refractivity contribution in [1.82, 2.24) is 5.32 Å². The van der Waals surface area contributed by atoms with Gasteiger partial charge < -0.3 is 24.3 Å². The van der Waals surface area contributed by atoms with Gasteiger partial charge in [0.15, 0.2) is 11.5 Å². The van der Waals surface area contributed by atoms with E-state index in [0.29, 0.717) is 19.1 Å². The summed E-state index contributed by atoms with van der Waals surface area (Å²) < 4.78 is 23.1. The highest BCUT2D eigenvalue weighted by molar-refractivity contribution is 5.67. The number of benzene rings is 1. The van der Waals surface area contributed by atoms with Crippen molar-refractivity contribution in [3.05, 3.63) is 35.4 Å². The summed E-state index contributed by atoms with van der Waals surface area (Å²) >= 11 is 0. The Morgan fingerprint density at radius 3 is 2.79 bits per heavy atom. The zero-order valence-electron chi connectivity index (χ0n) is 17.9. The molecule has 2 heterocycles. The Hall–Kier alpha value is -2.21. The summed E-state index contributed by atoms with van der Waals surface area (Å²) in [4.78, 5) is 12.1. The number of ether oxygens (including phenoxy) is 4. The lowest BCUT2D eigenvalue weighted by molar-refractivity contribution is -0.165. The minimum atomic E-state index is -0.366. The summed E-state index contributed by atoms with van der Waals surface area (Å²) in [7, 11) is 0. The number of hydrogen-bond donors (Lipinski definition) is 1. The van der Waals surface area contributed by atoms with Crippen molar-refractivity contribution < 1.29 is 23.7 Å². The third-order valence-electron chi connectivity index (χ3n) is 6.85. The van der Waals surface area contributed by atoms with Gasteiger partial charge in [0, 0.05) is 17.4 Å². The van der Waals surface area contributed by atoms with E-state index in [0.717, 1.165) is 17.1 Å². The molecule has 0 spiro atoms. The highest BCUT2D eigenvalue weighted by atomic mass is 16.7. The molecule has 5 atom stereocenters. The molecule has 2 aliphatic heterocycles. The first kappa shape index (κ1) is 20.1. The van der Waals surface area contributed by atoms with Crippen LogP contribution in [-0.4, -0.2) is 32.1 Å². The molecule has 4 rings (SSSR count). The molecular weight excluding hydrogens is 370 g/mol. The number of hydrogen-bond acceptors (Lipinski definition) is 5. The Labute approximate surface area is 172 Å². The van der Waals surface area contributed by atoms with Crippen LogP contribution < -0.4 is 14.8 Å². The SMILES string of the molecule is CC1=C[C@@H](C)[C@]2(COC(=O)NC(C)C)CO[C@H](c3ccc4c(c3)OCO4)[C@@H]1[C@H]2C. The number of alkyl carbamates (subject to hydrolysis) is 1. The molecule has 1 amide bonds. The number of fused-ring (bicyclic) bond motifs is 3. The Bertz CT molecular complexity index is 819. The molecule has 1 aliphatic carbocycles. The van der Waals surface area contributed by atoms with Crippen LogP contribution in [0.5, 0.6) is 11.5 Å². The van der Waals surface area contributed by atoms with Crippen LogP contribution in [0.3, 0.4) is 0 Å². The summed E-state index contributed by atoms with van der Waals surface area (Å²) in [6.45, 7) is 11.7. The second-order valence-corrected chi connectivity index (χ2v) is 8.97. The molecule has 1 aromatic carbocycles. The number of amides is 1. The maximum atomic E-state index is 12.1. The van der Waals surface area contributed by atoms with E-state index in [-0.39, 0.29) is 42.3 Å². The summed E-state index contributed by atoms with van der Waals surface area (Å²) in [5.41, 5.74) is 2.20. The van der Waals surface area contributed by atoms with Gasteiger partial charge in [0.2, 0.25) is 6.79 Å². The van der Waals surface area contributed by atoms with E-state index in [2.05, 4.69) is 38.2 Å². The molecule has 1 aromatic rings. The van der Waals surface area contributed by atoms with E-state index in [1.165, 1.54) is 5.57 Å². The highest BCUT2D eigenvalue weighted by Crippen LogP contribution is 2.56. The minimum Gasteiger partial charge on any atom is -0.454 e. The van der Waals surface area contributed by atoms with Gasteiger partial charge in [0.05, 0.1) is 12.7 Å². The van der Waals surface area contributed by atoms with Crippen LogP contribution in [0.2, 0.25) is 0 Å². The first-order valence-electron chi connectivity index (χ1n) is 10.4. The molecule has 2 bridgehead atoms. The predicted molar refractivity (Wildman–Crippen MR) is 109 cm³/mol. The molecule has 6 nitrogen and oxygen atoms in total. The number of carbonyl (C=O) groups excluding carboxylic acids is 1. The van der Waals surface area contributed by atoms with Gasteiger partial charge in [0.25, 0.3) is 0 Å². The summed E-state index contributed by atoms with van der Waals surface area (Å²) in [6.07, 6.45) is 1.91. The van der Waals surface area contributed by atoms with Crippen molar-refractivity contribution in [2.24, 2.45) is 23.2 Å². The van der Waals surface area contributed by atoms with E-state index < -0.39 is 0 Å². The third kappa shape index (κ3) is 3.48. The van der Waals surface area contributed by atoms with Crippen LogP contribution in [0, 0.1) is 23.2 Å². The number of rotatable bonds is 4. The zero-order chi connectivity index (χ0) is 20.8. The second-order valence-electron chi connectivity index (χ2n) is 8.97. The van der Waals surface area contributed by atoms with Crippen molar-refractivity contribution in [1.29, 1.82) is 0 Å². The molecule has 0 saturated carbocycles. The topological polar surface area (TPSA) is 66.0 Å². The number of nitrogens with one attached hydrogen (secondary N) is 1. The lowest BCUT2D eigenvalue weighted by Crippen LogP contribution is -2.55. The highest BCUT2D eigenvalue weighted by Gasteiger charge is 2.54. The second kappa shape index (κ2) is 7.56. The van der Waals surface area contributed by atoms with Crippen molar-refractivity contribution >= 4 is 6.09 Å². The van der Waals surface area contributed by atoms with Crippen LogP contribution in [0.15, 0.2) is 29.8 Å². The number of allylic oxidation sites excluding steroid dienone is 1. The fourth-order valence-corrected chi connectivity index (χ4v) is 5.13. The van der Waals surface area contributed by atoms with E-state index in [1.54, 1.807) is 0 Å². The van der Waals surface area contributed by atoms with Gasteiger partial charge in [-0.25, -0.2) is 4.79 Å². The van der Waals surface area contributed by atoms with E-state index >= 15 is 0 Å². The van der Waals surface area contributed by atoms with Crippen LogP contribution in [0.1, 0.15) is 46.3 Å². The van der Waals surface area contributed by atoms with Crippen LogP contribution in [-0.2, 0) is 9.47 Å². The van der Waals surface area contributed by atoms with Gasteiger partial charge in [0.1, 0.15) is 6.61 Å². The van der Waals surface area contributed by atoms with Crippen LogP contribution in [0.4, 0.5) is 4.79 Å². The van der Waals surface area contributed by atoms with Crippen molar-refractivity contribution in [3.63, 3.8) is 0 Å². The minimum absolute atomic E-state index is 0.0501. The lowest BCUT2D eigenvalue weighted by Gasteiger charge is -2.55. The molecule has 1 saturated heterocycles. The predicted octanol–water partition coefficient (Wildman–Crippen LogP) is 4.46. The van der Waals surface area contributed by atoms with Crippen molar-refractivity contribution in [2.75, 3.05) is 20.0 Å². The first-order chi connectivity index (χ1) is 13.8. The van der Waals surface area contributed by atoms with Crippen molar-refractivity contribution in [3.8, 4) is 11.5 Å². The molecule has 1 N–H and O–H groups in total. The van der Waals surface area contributed by atoms with Crippen molar-refractivity contribution in [2.45, 2.75) is 46.8 Å². The fourth-order valence-electron chi connectivity index (χ4n) is 5.13. The first-order valence-corrected chi connectivity index (χ1v) is 10.4. The average molecular weight is 402 g/mol. The van der Waals surface area contributed by atoms with E-state index in [4.69, 9.17) is 18.9 Å².